The molecular weight excluding hydrogens is 478 g/mol. The predicted molar refractivity (Wildman–Crippen MR) is 135 cm³/mol. The van der Waals surface area contributed by atoms with E-state index >= 15 is 0 Å². The summed E-state index contributed by atoms with van der Waals surface area (Å²) in [4.78, 5) is 35.5. The Hall–Kier alpha value is -4.21. The molecule has 5 rings (SSSR count). The van der Waals surface area contributed by atoms with Gasteiger partial charge in [-0.2, -0.15) is 5.10 Å². The van der Waals surface area contributed by atoms with E-state index in [1.165, 1.54) is 11.0 Å². The SMILES string of the molecule is CCCc1cnc(N[C@@H]2CCN(C(=O)c3cc(Cc4n[nH]c(=O)c5ccccc45)c(F)cc3F)C2)nc1. The molecule has 2 aromatic carbocycles. The Morgan fingerprint density at radius 2 is 1.89 bits per heavy atom. The minimum absolute atomic E-state index is 0.0147. The first-order chi connectivity index (χ1) is 17.9. The molecule has 1 saturated heterocycles. The topological polar surface area (TPSA) is 104 Å². The monoisotopic (exact) mass is 504 g/mol. The van der Waals surface area contributed by atoms with Gasteiger partial charge in [-0.15, -0.1) is 0 Å². The van der Waals surface area contributed by atoms with Crippen LogP contribution in [0.3, 0.4) is 0 Å². The number of rotatable bonds is 7. The van der Waals surface area contributed by atoms with Gasteiger partial charge in [-0.1, -0.05) is 31.5 Å². The molecule has 1 amide bonds. The Kier molecular flexibility index (Phi) is 6.89. The molecular formula is C27H26F2N6O2. The van der Waals surface area contributed by atoms with Crippen molar-refractivity contribution in [3.05, 3.63) is 93.2 Å². The number of carbonyl (C=O) groups excluding carboxylic acids is 1. The minimum Gasteiger partial charge on any atom is -0.350 e. The van der Waals surface area contributed by atoms with E-state index in [1.807, 2.05) is 0 Å². The zero-order chi connectivity index (χ0) is 25.9. The molecule has 1 aliphatic rings. The number of likely N-dealkylation sites (tertiary alicyclic amines) is 1. The van der Waals surface area contributed by atoms with Crippen molar-refractivity contribution in [2.75, 3.05) is 18.4 Å². The van der Waals surface area contributed by atoms with Crippen LogP contribution >= 0.6 is 0 Å². The summed E-state index contributed by atoms with van der Waals surface area (Å²) in [6.45, 7) is 2.85. The van der Waals surface area contributed by atoms with Gasteiger partial charge in [-0.3, -0.25) is 9.59 Å². The normalized spacial score (nSPS) is 15.3. The van der Waals surface area contributed by atoms with Gasteiger partial charge in [0.15, 0.2) is 0 Å². The highest BCUT2D eigenvalue weighted by Crippen LogP contribution is 2.24. The van der Waals surface area contributed by atoms with Crippen LogP contribution in [-0.2, 0) is 12.8 Å². The van der Waals surface area contributed by atoms with Crippen LogP contribution in [0.4, 0.5) is 14.7 Å². The molecule has 10 heteroatoms. The number of aromatic amines is 1. The smallest absolute Gasteiger partial charge is 0.272 e. The number of anilines is 1. The van der Waals surface area contributed by atoms with Crippen LogP contribution in [0.5, 0.6) is 0 Å². The van der Waals surface area contributed by atoms with Gasteiger partial charge in [-0.25, -0.2) is 23.8 Å². The molecule has 0 saturated carbocycles. The van der Waals surface area contributed by atoms with Crippen LogP contribution in [0, 0.1) is 11.6 Å². The fourth-order valence-corrected chi connectivity index (χ4v) is 4.64. The van der Waals surface area contributed by atoms with Crippen LogP contribution in [0.2, 0.25) is 0 Å². The van der Waals surface area contributed by atoms with Crippen molar-refractivity contribution >= 4 is 22.6 Å². The molecule has 8 nitrogen and oxygen atoms in total. The van der Waals surface area contributed by atoms with E-state index in [0.29, 0.717) is 41.9 Å². The van der Waals surface area contributed by atoms with Gasteiger partial charge in [0.2, 0.25) is 5.95 Å². The Bertz CT molecular complexity index is 1510. The predicted octanol–water partition coefficient (Wildman–Crippen LogP) is 3.86. The van der Waals surface area contributed by atoms with Crippen LogP contribution in [0.1, 0.15) is 46.9 Å². The minimum atomic E-state index is -0.920. The summed E-state index contributed by atoms with van der Waals surface area (Å²) in [7, 11) is 0. The first kappa shape index (κ1) is 24.5. The van der Waals surface area contributed by atoms with E-state index in [1.54, 1.807) is 36.7 Å². The maximum Gasteiger partial charge on any atom is 0.272 e. The van der Waals surface area contributed by atoms with Gasteiger partial charge in [0.25, 0.3) is 11.5 Å². The second-order valence-electron chi connectivity index (χ2n) is 9.19. The van der Waals surface area contributed by atoms with Crippen LogP contribution in [0.25, 0.3) is 10.8 Å². The molecule has 3 heterocycles. The Balaban J connectivity index is 1.32. The maximum absolute atomic E-state index is 14.7. The molecule has 1 atom stereocenters. The van der Waals surface area contributed by atoms with Crippen molar-refractivity contribution in [1.82, 2.24) is 25.1 Å². The van der Waals surface area contributed by atoms with Crippen molar-refractivity contribution in [2.45, 2.75) is 38.6 Å². The number of aromatic nitrogens is 4. The van der Waals surface area contributed by atoms with Gasteiger partial charge in [-0.05, 0) is 36.1 Å². The van der Waals surface area contributed by atoms with Gasteiger partial charge in [0.05, 0.1) is 16.6 Å². The number of halogens is 2. The average Bonchev–Trinajstić information content (AvgIpc) is 3.37. The van der Waals surface area contributed by atoms with E-state index in [-0.39, 0.29) is 29.1 Å². The molecule has 0 unspecified atom stereocenters. The molecule has 2 N–H and O–H groups in total. The third kappa shape index (κ3) is 5.18. The number of nitrogens with one attached hydrogen (secondary N) is 2. The molecule has 2 aromatic heterocycles. The summed E-state index contributed by atoms with van der Waals surface area (Å²) >= 11 is 0. The number of hydrogen-bond acceptors (Lipinski definition) is 6. The number of fused-ring (bicyclic) bond motifs is 1. The molecule has 1 fully saturated rings. The summed E-state index contributed by atoms with van der Waals surface area (Å²) in [5.41, 5.74) is 1.04. The first-order valence-electron chi connectivity index (χ1n) is 12.2. The van der Waals surface area contributed by atoms with E-state index in [9.17, 15) is 18.4 Å². The summed E-state index contributed by atoms with van der Waals surface area (Å²) in [5, 5.41) is 10.7. The van der Waals surface area contributed by atoms with Crippen LogP contribution in [-0.4, -0.2) is 50.1 Å². The zero-order valence-corrected chi connectivity index (χ0v) is 20.3. The first-order valence-corrected chi connectivity index (χ1v) is 12.2. The number of carbonyl (C=O) groups is 1. The van der Waals surface area contributed by atoms with Crippen molar-refractivity contribution in [3.63, 3.8) is 0 Å². The average molecular weight is 505 g/mol. The second kappa shape index (κ2) is 10.4. The maximum atomic E-state index is 14.7. The van der Waals surface area contributed by atoms with Crippen molar-refractivity contribution in [1.29, 1.82) is 0 Å². The molecule has 0 bridgehead atoms. The van der Waals surface area contributed by atoms with Gasteiger partial charge in [0.1, 0.15) is 11.6 Å². The van der Waals surface area contributed by atoms with E-state index in [2.05, 4.69) is 32.4 Å². The molecule has 0 aliphatic carbocycles. The Morgan fingerprint density at radius 1 is 1.14 bits per heavy atom. The van der Waals surface area contributed by atoms with E-state index in [4.69, 9.17) is 0 Å². The molecule has 0 radical (unpaired) electrons. The quantitative estimate of drug-likeness (QED) is 0.396. The molecule has 1 aliphatic heterocycles. The number of benzene rings is 2. The number of H-pyrrole nitrogens is 1. The third-order valence-electron chi connectivity index (χ3n) is 6.55. The zero-order valence-electron chi connectivity index (χ0n) is 20.3. The lowest BCUT2D eigenvalue weighted by atomic mass is 10.0. The van der Waals surface area contributed by atoms with E-state index in [0.717, 1.165) is 24.5 Å². The number of hydrogen-bond donors (Lipinski definition) is 2. The lowest BCUT2D eigenvalue weighted by Gasteiger charge is -2.18. The fourth-order valence-electron chi connectivity index (χ4n) is 4.64. The van der Waals surface area contributed by atoms with Crippen molar-refractivity contribution in [3.8, 4) is 0 Å². The lowest BCUT2D eigenvalue weighted by Crippen LogP contribution is -2.32. The van der Waals surface area contributed by atoms with Crippen LogP contribution in [0.15, 0.2) is 53.6 Å². The second-order valence-corrected chi connectivity index (χ2v) is 9.19. The number of amides is 1. The molecule has 37 heavy (non-hydrogen) atoms. The third-order valence-corrected chi connectivity index (χ3v) is 6.55. The standard InChI is InChI=1S/C27H26F2N6O2/c1-2-5-16-13-30-27(31-14-16)32-18-8-9-35(15-18)26(37)21-10-17(22(28)12-23(21)29)11-24-19-6-3-4-7-20(19)25(36)34-33-24/h3-4,6-7,10,12-14,18H,2,5,8-9,11,15H2,1H3,(H,34,36)(H,30,31,32)/t18-/m1/s1. The van der Waals surface area contributed by atoms with Gasteiger partial charge < -0.3 is 10.2 Å². The fraction of sp³-hybridized carbons (Fsp3) is 0.296. The summed E-state index contributed by atoms with van der Waals surface area (Å²) in [6.07, 6.45) is 6.12. The Morgan fingerprint density at radius 3 is 2.65 bits per heavy atom. The number of aryl methyl sites for hydroxylation is 1. The number of nitrogens with zero attached hydrogens (tertiary/aromatic N) is 4. The molecule has 4 aromatic rings. The highest BCUT2D eigenvalue weighted by molar-refractivity contribution is 5.95. The van der Waals surface area contributed by atoms with Crippen molar-refractivity contribution in [2.24, 2.45) is 0 Å². The van der Waals surface area contributed by atoms with Gasteiger partial charge in [0, 0.05) is 49.4 Å². The molecule has 190 valence electrons. The van der Waals surface area contributed by atoms with Crippen LogP contribution < -0.4 is 10.9 Å². The molecule has 0 spiro atoms. The largest absolute Gasteiger partial charge is 0.350 e. The van der Waals surface area contributed by atoms with Crippen molar-refractivity contribution < 1.29 is 13.6 Å². The van der Waals surface area contributed by atoms with Gasteiger partial charge >= 0.3 is 0 Å². The highest BCUT2D eigenvalue weighted by Gasteiger charge is 2.29. The summed E-state index contributed by atoms with van der Waals surface area (Å²) in [6, 6.07) is 8.74. The lowest BCUT2D eigenvalue weighted by molar-refractivity contribution is 0.0786. The highest BCUT2D eigenvalue weighted by atomic mass is 19.1. The Labute approximate surface area is 211 Å². The summed E-state index contributed by atoms with van der Waals surface area (Å²) in [5.74, 6) is -1.73. The van der Waals surface area contributed by atoms with E-state index < -0.39 is 17.5 Å². The summed E-state index contributed by atoms with van der Waals surface area (Å²) < 4.78 is 29.5.